The molecular formula is C18H23N7O2S. The predicted octanol–water partition coefficient (Wildman–Crippen LogP) is 2.19. The monoisotopic (exact) mass is 401 g/mol. The molecule has 2 atom stereocenters. The molecule has 0 fully saturated rings. The fourth-order valence-corrected chi connectivity index (χ4v) is 3.57. The number of nitrogens with zero attached hydrogens (tertiary/aromatic N) is 6. The third-order valence-corrected chi connectivity index (χ3v) is 6.31. The van der Waals surface area contributed by atoms with Gasteiger partial charge < -0.3 is 4.98 Å². The van der Waals surface area contributed by atoms with Gasteiger partial charge in [0.05, 0.1) is 36.7 Å². The molecular weight excluding hydrogens is 378 g/mol. The number of H-pyrrole nitrogens is 1. The third-order valence-electron chi connectivity index (χ3n) is 4.99. The normalized spacial score (nSPS) is 14.2. The van der Waals surface area contributed by atoms with E-state index in [1.54, 1.807) is 17.9 Å². The standard InChI is InChI=1S/C18H23N7O2S/c1-13(6-9-24(2)28(3,26)27)16(4-7-19)25-11-14(10-23-25)17-15-5-8-20-18(15)22-12-21-17/h5,8,10-13,16H,4,6,9H2,1-3H3,(H,20,21,22). The average Bonchev–Trinajstić information content (AvgIpc) is 3.32. The summed E-state index contributed by atoms with van der Waals surface area (Å²) in [6.07, 6.45) is 9.03. The lowest BCUT2D eigenvalue weighted by Crippen LogP contribution is -2.29. The summed E-state index contributed by atoms with van der Waals surface area (Å²) in [6, 6.07) is 3.97. The molecule has 28 heavy (non-hydrogen) atoms. The van der Waals surface area contributed by atoms with Crippen LogP contribution in [0.5, 0.6) is 0 Å². The zero-order valence-electron chi connectivity index (χ0n) is 16.1. The molecule has 0 aliphatic heterocycles. The topological polar surface area (TPSA) is 121 Å². The number of nitrogens with one attached hydrogen (secondary N) is 1. The van der Waals surface area contributed by atoms with E-state index < -0.39 is 10.0 Å². The molecule has 3 aromatic rings. The van der Waals surface area contributed by atoms with Crippen molar-refractivity contribution in [2.45, 2.75) is 25.8 Å². The minimum absolute atomic E-state index is 0.0641. The largest absolute Gasteiger partial charge is 0.346 e. The fourth-order valence-electron chi connectivity index (χ4n) is 3.14. The lowest BCUT2D eigenvalue weighted by atomic mass is 9.96. The predicted molar refractivity (Wildman–Crippen MR) is 106 cm³/mol. The Balaban J connectivity index is 1.82. The summed E-state index contributed by atoms with van der Waals surface area (Å²) in [5, 5.41) is 14.6. The maximum atomic E-state index is 11.6. The second kappa shape index (κ2) is 8.08. The van der Waals surface area contributed by atoms with Gasteiger partial charge in [-0.1, -0.05) is 6.92 Å². The maximum Gasteiger partial charge on any atom is 0.210 e. The molecule has 3 heterocycles. The highest BCUT2D eigenvalue weighted by molar-refractivity contribution is 7.88. The maximum absolute atomic E-state index is 11.6. The number of sulfonamides is 1. The van der Waals surface area contributed by atoms with Crippen molar-refractivity contribution in [1.29, 1.82) is 5.26 Å². The molecule has 0 radical (unpaired) electrons. The van der Waals surface area contributed by atoms with Crippen LogP contribution in [-0.4, -0.2) is 57.3 Å². The fraction of sp³-hybridized carbons (Fsp3) is 0.444. The summed E-state index contributed by atoms with van der Waals surface area (Å²) in [7, 11) is -1.66. The van der Waals surface area contributed by atoms with Crippen LogP contribution in [0.3, 0.4) is 0 Å². The van der Waals surface area contributed by atoms with Crippen LogP contribution in [0.15, 0.2) is 31.0 Å². The van der Waals surface area contributed by atoms with E-state index in [0.717, 1.165) is 22.3 Å². The summed E-state index contributed by atoms with van der Waals surface area (Å²) < 4.78 is 26.3. The zero-order valence-corrected chi connectivity index (χ0v) is 16.9. The summed E-state index contributed by atoms with van der Waals surface area (Å²) in [5.74, 6) is 0.0641. The molecule has 0 saturated heterocycles. The molecule has 9 nitrogen and oxygen atoms in total. The summed E-state index contributed by atoms with van der Waals surface area (Å²) in [4.78, 5) is 11.6. The Bertz CT molecular complexity index is 1100. The molecule has 0 spiro atoms. The van der Waals surface area contributed by atoms with Crippen LogP contribution in [0.25, 0.3) is 22.3 Å². The van der Waals surface area contributed by atoms with Crippen molar-refractivity contribution >= 4 is 21.1 Å². The minimum atomic E-state index is -3.22. The second-order valence-electron chi connectivity index (χ2n) is 6.95. The van der Waals surface area contributed by atoms with Gasteiger partial charge >= 0.3 is 0 Å². The van der Waals surface area contributed by atoms with Crippen LogP contribution in [0.4, 0.5) is 0 Å². The van der Waals surface area contributed by atoms with E-state index in [1.807, 2.05) is 25.4 Å². The van der Waals surface area contributed by atoms with Gasteiger partial charge in [-0.25, -0.2) is 22.7 Å². The molecule has 0 amide bonds. The van der Waals surface area contributed by atoms with Gasteiger partial charge in [0.1, 0.15) is 12.0 Å². The van der Waals surface area contributed by atoms with Gasteiger partial charge in [0.2, 0.25) is 10.0 Å². The molecule has 0 aliphatic rings. The Labute approximate surface area is 164 Å². The Morgan fingerprint density at radius 2 is 2.18 bits per heavy atom. The number of aromatic amines is 1. The Hall–Kier alpha value is -2.77. The second-order valence-corrected chi connectivity index (χ2v) is 9.04. The Morgan fingerprint density at radius 3 is 2.89 bits per heavy atom. The molecule has 0 bridgehead atoms. The van der Waals surface area contributed by atoms with Gasteiger partial charge in [-0.2, -0.15) is 10.4 Å². The van der Waals surface area contributed by atoms with E-state index in [4.69, 9.17) is 0 Å². The van der Waals surface area contributed by atoms with E-state index in [2.05, 4.69) is 26.1 Å². The first-order valence-corrected chi connectivity index (χ1v) is 10.8. The van der Waals surface area contributed by atoms with Gasteiger partial charge in [0.25, 0.3) is 0 Å². The van der Waals surface area contributed by atoms with Crippen molar-refractivity contribution in [2.75, 3.05) is 19.8 Å². The van der Waals surface area contributed by atoms with E-state index in [-0.39, 0.29) is 18.4 Å². The van der Waals surface area contributed by atoms with Crippen LogP contribution in [-0.2, 0) is 10.0 Å². The van der Waals surface area contributed by atoms with E-state index >= 15 is 0 Å². The molecule has 0 aliphatic carbocycles. The molecule has 3 aromatic heterocycles. The van der Waals surface area contributed by atoms with Crippen LogP contribution in [0.2, 0.25) is 0 Å². The van der Waals surface area contributed by atoms with Gasteiger partial charge in [-0.05, 0) is 18.4 Å². The lowest BCUT2D eigenvalue weighted by molar-refractivity contribution is 0.295. The molecule has 148 valence electrons. The van der Waals surface area contributed by atoms with Crippen LogP contribution in [0.1, 0.15) is 25.8 Å². The van der Waals surface area contributed by atoms with Crippen LogP contribution >= 0.6 is 0 Å². The van der Waals surface area contributed by atoms with E-state index in [1.165, 1.54) is 16.9 Å². The number of fused-ring (bicyclic) bond motifs is 1. The molecule has 10 heteroatoms. The average molecular weight is 401 g/mol. The number of aromatic nitrogens is 5. The highest BCUT2D eigenvalue weighted by Crippen LogP contribution is 2.29. The SMILES string of the molecule is CC(CCN(C)S(C)(=O)=O)C(CC#N)n1cc(-c2ncnc3[nH]ccc23)cn1. The third kappa shape index (κ3) is 4.21. The zero-order chi connectivity index (χ0) is 20.3. The highest BCUT2D eigenvalue weighted by atomic mass is 32.2. The summed E-state index contributed by atoms with van der Waals surface area (Å²) in [5.41, 5.74) is 2.37. The Morgan fingerprint density at radius 1 is 1.39 bits per heavy atom. The number of hydrogen-bond acceptors (Lipinski definition) is 6. The first-order chi connectivity index (χ1) is 13.3. The number of hydrogen-bond donors (Lipinski definition) is 1. The molecule has 0 aromatic carbocycles. The highest BCUT2D eigenvalue weighted by Gasteiger charge is 2.22. The molecule has 1 N–H and O–H groups in total. The van der Waals surface area contributed by atoms with Crippen molar-refractivity contribution < 1.29 is 8.42 Å². The quantitative estimate of drug-likeness (QED) is 0.618. The van der Waals surface area contributed by atoms with E-state index in [0.29, 0.717) is 13.0 Å². The molecule has 2 unspecified atom stereocenters. The molecule has 3 rings (SSSR count). The van der Waals surface area contributed by atoms with Crippen LogP contribution in [0, 0.1) is 17.2 Å². The first-order valence-electron chi connectivity index (χ1n) is 8.92. The van der Waals surface area contributed by atoms with Gasteiger partial charge in [-0.15, -0.1) is 0 Å². The summed E-state index contributed by atoms with van der Waals surface area (Å²) in [6.45, 7) is 2.40. The van der Waals surface area contributed by atoms with Crippen molar-refractivity contribution in [3.8, 4) is 17.3 Å². The van der Waals surface area contributed by atoms with E-state index in [9.17, 15) is 13.7 Å². The number of rotatable bonds is 8. The van der Waals surface area contributed by atoms with Gasteiger partial charge in [0, 0.05) is 36.9 Å². The van der Waals surface area contributed by atoms with Gasteiger partial charge in [0.15, 0.2) is 0 Å². The smallest absolute Gasteiger partial charge is 0.210 e. The lowest BCUT2D eigenvalue weighted by Gasteiger charge is -2.24. The Kier molecular flexibility index (Phi) is 5.76. The van der Waals surface area contributed by atoms with Gasteiger partial charge in [-0.3, -0.25) is 4.68 Å². The summed E-state index contributed by atoms with van der Waals surface area (Å²) >= 11 is 0. The van der Waals surface area contributed by atoms with Crippen molar-refractivity contribution in [2.24, 2.45) is 5.92 Å². The number of nitriles is 1. The van der Waals surface area contributed by atoms with Crippen molar-refractivity contribution in [3.05, 3.63) is 31.0 Å². The van der Waals surface area contributed by atoms with Crippen molar-refractivity contribution in [1.82, 2.24) is 29.0 Å². The van der Waals surface area contributed by atoms with Crippen molar-refractivity contribution in [3.63, 3.8) is 0 Å². The first kappa shape index (κ1) is 20.0. The van der Waals surface area contributed by atoms with Crippen LogP contribution < -0.4 is 0 Å². The molecule has 0 saturated carbocycles. The minimum Gasteiger partial charge on any atom is -0.346 e.